The topological polar surface area (TPSA) is 36.4 Å². The van der Waals surface area contributed by atoms with Crippen molar-refractivity contribution in [1.29, 1.82) is 0 Å². The number of thiophene rings is 1. The van der Waals surface area contributed by atoms with E-state index >= 15 is 0 Å². The summed E-state index contributed by atoms with van der Waals surface area (Å²) in [6.45, 7) is 3.80. The number of guanidine groups is 1. The molecule has 2 rings (SSSR count). The number of hydrogen-bond donors (Lipinski definition) is 2. The van der Waals surface area contributed by atoms with Crippen molar-refractivity contribution in [2.75, 3.05) is 6.54 Å². The molecule has 3 nitrogen and oxygen atoms in total. The smallest absolute Gasteiger partial charge is 0.191 e. The maximum absolute atomic E-state index is 4.62. The Labute approximate surface area is 130 Å². The average molecular weight is 379 g/mol. The third-order valence-corrected chi connectivity index (χ3v) is 3.77. The summed E-state index contributed by atoms with van der Waals surface area (Å²) in [5, 5.41) is 11.1. The van der Waals surface area contributed by atoms with Gasteiger partial charge in [0, 0.05) is 12.6 Å². The molecular formula is C13H22IN3S. The molecule has 5 heteroatoms. The van der Waals surface area contributed by atoms with Crippen LogP contribution in [0.25, 0.3) is 0 Å². The van der Waals surface area contributed by atoms with E-state index in [1.807, 2.05) is 0 Å². The predicted molar refractivity (Wildman–Crippen MR) is 89.9 cm³/mol. The second-order valence-electron chi connectivity index (χ2n) is 4.45. The Balaban J connectivity index is 0.00000162. The summed E-state index contributed by atoms with van der Waals surface area (Å²) >= 11 is 1.73. The van der Waals surface area contributed by atoms with Gasteiger partial charge in [-0.1, -0.05) is 12.8 Å². The summed E-state index contributed by atoms with van der Waals surface area (Å²) in [5.74, 6) is 0.964. The molecule has 0 bridgehead atoms. The minimum absolute atomic E-state index is 0. The summed E-state index contributed by atoms with van der Waals surface area (Å²) in [4.78, 5) is 4.62. The Hall–Kier alpha value is -0.300. The maximum atomic E-state index is 4.62. The second-order valence-corrected chi connectivity index (χ2v) is 5.23. The van der Waals surface area contributed by atoms with Crippen LogP contribution < -0.4 is 10.6 Å². The molecule has 1 heterocycles. The molecular weight excluding hydrogens is 357 g/mol. The van der Waals surface area contributed by atoms with Crippen molar-refractivity contribution in [2.24, 2.45) is 4.99 Å². The molecule has 1 fully saturated rings. The zero-order valence-corrected chi connectivity index (χ0v) is 14.0. The number of halogens is 1. The van der Waals surface area contributed by atoms with Crippen molar-refractivity contribution < 1.29 is 0 Å². The molecule has 0 unspecified atom stereocenters. The van der Waals surface area contributed by atoms with E-state index in [1.165, 1.54) is 31.2 Å². The second kappa shape index (κ2) is 8.74. The molecule has 0 radical (unpaired) electrons. The molecule has 2 N–H and O–H groups in total. The quantitative estimate of drug-likeness (QED) is 0.478. The molecule has 1 aliphatic carbocycles. The Bertz CT molecular complexity index is 345. The van der Waals surface area contributed by atoms with Crippen molar-refractivity contribution in [3.63, 3.8) is 0 Å². The van der Waals surface area contributed by atoms with Crippen molar-refractivity contribution >= 4 is 41.3 Å². The highest BCUT2D eigenvalue weighted by Gasteiger charge is 2.15. The molecule has 102 valence electrons. The zero-order chi connectivity index (χ0) is 11.9. The van der Waals surface area contributed by atoms with Crippen molar-refractivity contribution in [1.82, 2.24) is 10.6 Å². The Kier molecular flexibility index (Phi) is 7.65. The zero-order valence-electron chi connectivity index (χ0n) is 10.8. The third-order valence-electron chi connectivity index (χ3n) is 3.04. The Morgan fingerprint density at radius 1 is 1.44 bits per heavy atom. The van der Waals surface area contributed by atoms with Crippen LogP contribution >= 0.6 is 35.3 Å². The van der Waals surface area contributed by atoms with Gasteiger partial charge < -0.3 is 10.6 Å². The van der Waals surface area contributed by atoms with Crippen LogP contribution in [0.1, 0.15) is 38.2 Å². The van der Waals surface area contributed by atoms with Crippen LogP contribution in [-0.2, 0) is 6.54 Å². The first-order chi connectivity index (χ1) is 8.38. The van der Waals surface area contributed by atoms with Crippen molar-refractivity contribution in [3.05, 3.63) is 22.4 Å². The van der Waals surface area contributed by atoms with Gasteiger partial charge in [0.05, 0.1) is 6.54 Å². The average Bonchev–Trinajstić information content (AvgIpc) is 2.99. The number of aliphatic imine (C=N–C) groups is 1. The molecule has 0 atom stereocenters. The lowest BCUT2D eigenvalue weighted by atomic mass is 10.2. The fraction of sp³-hybridized carbons (Fsp3) is 0.615. The van der Waals surface area contributed by atoms with Crippen LogP contribution in [0.3, 0.4) is 0 Å². The summed E-state index contributed by atoms with van der Waals surface area (Å²) in [6.07, 6.45) is 5.26. The van der Waals surface area contributed by atoms with Crippen LogP contribution in [0.15, 0.2) is 21.8 Å². The molecule has 0 aromatic carbocycles. The van der Waals surface area contributed by atoms with Gasteiger partial charge in [-0.05, 0) is 42.2 Å². The molecule has 0 aliphatic heterocycles. The Morgan fingerprint density at radius 2 is 2.22 bits per heavy atom. The number of nitrogens with one attached hydrogen (secondary N) is 2. The predicted octanol–water partition coefficient (Wildman–Crippen LogP) is 3.36. The van der Waals surface area contributed by atoms with E-state index in [0.717, 1.165) is 19.0 Å². The molecule has 1 aromatic heterocycles. The summed E-state index contributed by atoms with van der Waals surface area (Å²) in [6, 6.07) is 2.75. The molecule has 0 saturated heterocycles. The minimum Gasteiger partial charge on any atom is -0.357 e. The fourth-order valence-electron chi connectivity index (χ4n) is 2.14. The van der Waals surface area contributed by atoms with E-state index in [9.17, 15) is 0 Å². The summed E-state index contributed by atoms with van der Waals surface area (Å²) in [5.41, 5.74) is 1.29. The van der Waals surface area contributed by atoms with E-state index in [2.05, 4.69) is 39.4 Å². The SMILES string of the molecule is CCNC(=NCc1ccsc1)NC1CCCC1.I. The number of rotatable bonds is 4. The molecule has 1 saturated carbocycles. The number of nitrogens with zero attached hydrogens (tertiary/aromatic N) is 1. The molecule has 1 aliphatic rings. The largest absolute Gasteiger partial charge is 0.357 e. The van der Waals surface area contributed by atoms with Crippen LogP contribution in [0.4, 0.5) is 0 Å². The van der Waals surface area contributed by atoms with Gasteiger partial charge in [0.25, 0.3) is 0 Å². The van der Waals surface area contributed by atoms with Crippen LogP contribution in [0, 0.1) is 0 Å². The van der Waals surface area contributed by atoms with Gasteiger partial charge in [0.2, 0.25) is 0 Å². The summed E-state index contributed by atoms with van der Waals surface area (Å²) < 4.78 is 0. The van der Waals surface area contributed by atoms with E-state index in [1.54, 1.807) is 11.3 Å². The van der Waals surface area contributed by atoms with Gasteiger partial charge in [0.1, 0.15) is 0 Å². The highest BCUT2D eigenvalue weighted by atomic mass is 127. The lowest BCUT2D eigenvalue weighted by Crippen LogP contribution is -2.42. The van der Waals surface area contributed by atoms with Gasteiger partial charge in [-0.2, -0.15) is 11.3 Å². The highest BCUT2D eigenvalue weighted by Crippen LogP contribution is 2.17. The normalized spacial score (nSPS) is 16.4. The van der Waals surface area contributed by atoms with Crippen molar-refractivity contribution in [3.8, 4) is 0 Å². The molecule has 0 spiro atoms. The van der Waals surface area contributed by atoms with Gasteiger partial charge in [-0.25, -0.2) is 4.99 Å². The van der Waals surface area contributed by atoms with Gasteiger partial charge in [-0.15, -0.1) is 24.0 Å². The highest BCUT2D eigenvalue weighted by molar-refractivity contribution is 14.0. The minimum atomic E-state index is 0. The van der Waals surface area contributed by atoms with E-state index in [0.29, 0.717) is 6.04 Å². The fourth-order valence-corrected chi connectivity index (χ4v) is 2.80. The van der Waals surface area contributed by atoms with E-state index in [-0.39, 0.29) is 24.0 Å². The van der Waals surface area contributed by atoms with Crippen LogP contribution in [0.2, 0.25) is 0 Å². The molecule has 1 aromatic rings. The van der Waals surface area contributed by atoms with Crippen LogP contribution in [-0.4, -0.2) is 18.5 Å². The first-order valence-corrected chi connectivity index (χ1v) is 7.38. The van der Waals surface area contributed by atoms with E-state index in [4.69, 9.17) is 0 Å². The van der Waals surface area contributed by atoms with Gasteiger partial charge >= 0.3 is 0 Å². The third kappa shape index (κ3) is 5.14. The maximum Gasteiger partial charge on any atom is 0.191 e. The Morgan fingerprint density at radius 3 is 2.83 bits per heavy atom. The van der Waals surface area contributed by atoms with Crippen LogP contribution in [0.5, 0.6) is 0 Å². The van der Waals surface area contributed by atoms with Gasteiger partial charge in [0.15, 0.2) is 5.96 Å². The molecule has 18 heavy (non-hydrogen) atoms. The lowest BCUT2D eigenvalue weighted by Gasteiger charge is -2.16. The first kappa shape index (κ1) is 15.8. The van der Waals surface area contributed by atoms with E-state index < -0.39 is 0 Å². The van der Waals surface area contributed by atoms with Gasteiger partial charge in [-0.3, -0.25) is 0 Å². The lowest BCUT2D eigenvalue weighted by molar-refractivity contribution is 0.614. The summed E-state index contributed by atoms with van der Waals surface area (Å²) in [7, 11) is 0. The standard InChI is InChI=1S/C13H21N3S.HI/c1-2-14-13(16-12-5-3-4-6-12)15-9-11-7-8-17-10-11;/h7-8,10,12H,2-6,9H2,1H3,(H2,14,15,16);1H. The van der Waals surface area contributed by atoms with Crippen molar-refractivity contribution in [2.45, 2.75) is 45.2 Å². The monoisotopic (exact) mass is 379 g/mol. The molecule has 0 amide bonds. The first-order valence-electron chi connectivity index (χ1n) is 6.44. The number of hydrogen-bond acceptors (Lipinski definition) is 2.